The van der Waals surface area contributed by atoms with Gasteiger partial charge in [0.25, 0.3) is 0 Å². The highest BCUT2D eigenvalue weighted by Crippen LogP contribution is 2.13. The van der Waals surface area contributed by atoms with Crippen LogP contribution in [0.5, 0.6) is 0 Å². The quantitative estimate of drug-likeness (QED) is 0.746. The highest BCUT2D eigenvalue weighted by molar-refractivity contribution is 5.89. The van der Waals surface area contributed by atoms with E-state index in [0.717, 1.165) is 0 Å². The molecule has 0 heterocycles. The van der Waals surface area contributed by atoms with E-state index in [1.165, 1.54) is 0 Å². The Labute approximate surface area is 147 Å². The summed E-state index contributed by atoms with van der Waals surface area (Å²) in [6.07, 6.45) is -0.00257. The molecule has 0 saturated heterocycles. The molecule has 0 saturated carbocycles. The fourth-order valence-corrected chi connectivity index (χ4v) is 2.39. The Bertz CT molecular complexity index is 669. The van der Waals surface area contributed by atoms with Gasteiger partial charge in [0, 0.05) is 12.5 Å². The zero-order valence-electron chi connectivity index (χ0n) is 14.1. The lowest BCUT2D eigenvalue weighted by molar-refractivity contribution is 0.0133. The van der Waals surface area contributed by atoms with Crippen LogP contribution in [0.2, 0.25) is 0 Å². The van der Waals surface area contributed by atoms with Crippen molar-refractivity contribution in [1.29, 1.82) is 0 Å². The highest BCUT2D eigenvalue weighted by atomic mass is 16.5. The van der Waals surface area contributed by atoms with Gasteiger partial charge < -0.3 is 14.6 Å². The van der Waals surface area contributed by atoms with Crippen LogP contribution < -0.4 is 0 Å². The molecule has 0 amide bonds. The lowest BCUT2D eigenvalue weighted by atomic mass is 10.0. The smallest absolute Gasteiger partial charge is 0.338 e. The molecule has 2 aromatic carbocycles. The molecule has 0 spiro atoms. The SMILES string of the molecule is CC(CC(CO)COC(=O)c1ccccc1)OC(=O)c1ccccc1. The maximum atomic E-state index is 12.0. The molecule has 0 aliphatic heterocycles. The number of carbonyl (C=O) groups excluding carboxylic acids is 2. The third kappa shape index (κ3) is 6.04. The molecule has 1 N–H and O–H groups in total. The molecule has 0 radical (unpaired) electrons. The number of hydrogen-bond acceptors (Lipinski definition) is 5. The third-order valence-corrected chi connectivity index (χ3v) is 3.70. The molecule has 5 heteroatoms. The van der Waals surface area contributed by atoms with E-state index in [2.05, 4.69) is 0 Å². The van der Waals surface area contributed by atoms with E-state index in [1.54, 1.807) is 55.5 Å². The summed E-state index contributed by atoms with van der Waals surface area (Å²) in [5.74, 6) is -1.15. The van der Waals surface area contributed by atoms with Crippen molar-refractivity contribution >= 4 is 11.9 Å². The van der Waals surface area contributed by atoms with Gasteiger partial charge in [0.1, 0.15) is 0 Å². The Morgan fingerprint density at radius 2 is 1.44 bits per heavy atom. The van der Waals surface area contributed by atoms with E-state index in [1.807, 2.05) is 12.1 Å². The number of aliphatic hydroxyl groups is 1. The fraction of sp³-hybridized carbons (Fsp3) is 0.300. The Morgan fingerprint density at radius 1 is 0.920 bits per heavy atom. The van der Waals surface area contributed by atoms with E-state index in [9.17, 15) is 14.7 Å². The summed E-state index contributed by atoms with van der Waals surface area (Å²) >= 11 is 0. The van der Waals surface area contributed by atoms with Crippen LogP contribution in [0, 0.1) is 5.92 Å². The lowest BCUT2D eigenvalue weighted by Crippen LogP contribution is -2.24. The average Bonchev–Trinajstić information content (AvgIpc) is 2.66. The molecule has 0 fully saturated rings. The molecule has 2 rings (SSSR count). The third-order valence-electron chi connectivity index (χ3n) is 3.70. The first-order chi connectivity index (χ1) is 12.1. The second kappa shape index (κ2) is 9.59. The Balaban J connectivity index is 1.80. The lowest BCUT2D eigenvalue weighted by Gasteiger charge is -2.19. The van der Waals surface area contributed by atoms with Crippen molar-refractivity contribution in [2.75, 3.05) is 13.2 Å². The fourth-order valence-electron chi connectivity index (χ4n) is 2.39. The van der Waals surface area contributed by atoms with Crippen LogP contribution in [0.25, 0.3) is 0 Å². The number of aliphatic hydroxyl groups excluding tert-OH is 1. The molecule has 2 aromatic rings. The van der Waals surface area contributed by atoms with Crippen LogP contribution in [0.3, 0.4) is 0 Å². The van der Waals surface area contributed by atoms with Gasteiger partial charge in [-0.05, 0) is 37.6 Å². The number of hydrogen-bond donors (Lipinski definition) is 1. The van der Waals surface area contributed by atoms with Crippen LogP contribution in [0.4, 0.5) is 0 Å². The van der Waals surface area contributed by atoms with Crippen LogP contribution >= 0.6 is 0 Å². The summed E-state index contributed by atoms with van der Waals surface area (Å²) in [5, 5.41) is 9.48. The van der Waals surface area contributed by atoms with E-state index in [0.29, 0.717) is 17.5 Å². The molecular weight excluding hydrogens is 320 g/mol. The second-order valence-electron chi connectivity index (χ2n) is 5.83. The van der Waals surface area contributed by atoms with Gasteiger partial charge in [-0.25, -0.2) is 9.59 Å². The standard InChI is InChI=1S/C20H22O5/c1-15(25-20(23)18-10-6-3-7-11-18)12-16(13-21)14-24-19(22)17-8-4-2-5-9-17/h2-11,15-16,21H,12-14H2,1H3. The van der Waals surface area contributed by atoms with Crippen molar-refractivity contribution in [3.05, 3.63) is 71.8 Å². The zero-order chi connectivity index (χ0) is 18.1. The summed E-state index contributed by atoms with van der Waals surface area (Å²) in [6, 6.07) is 17.4. The van der Waals surface area contributed by atoms with Gasteiger partial charge in [-0.15, -0.1) is 0 Å². The van der Waals surface area contributed by atoms with Gasteiger partial charge in [0.05, 0.1) is 23.8 Å². The van der Waals surface area contributed by atoms with Crippen LogP contribution in [-0.4, -0.2) is 36.4 Å². The largest absolute Gasteiger partial charge is 0.462 e. The van der Waals surface area contributed by atoms with Crippen LogP contribution in [-0.2, 0) is 9.47 Å². The minimum atomic E-state index is -0.437. The van der Waals surface area contributed by atoms with Gasteiger partial charge >= 0.3 is 11.9 Å². The predicted octanol–water partition coefficient (Wildman–Crippen LogP) is 3.09. The minimum Gasteiger partial charge on any atom is -0.462 e. The molecule has 2 atom stereocenters. The average molecular weight is 342 g/mol. The molecule has 25 heavy (non-hydrogen) atoms. The van der Waals surface area contributed by atoms with Crippen molar-refractivity contribution in [2.24, 2.45) is 5.92 Å². The number of rotatable bonds is 8. The van der Waals surface area contributed by atoms with Gasteiger partial charge in [0.15, 0.2) is 0 Å². The van der Waals surface area contributed by atoms with E-state index < -0.39 is 18.0 Å². The second-order valence-corrected chi connectivity index (χ2v) is 5.83. The van der Waals surface area contributed by atoms with Crippen LogP contribution in [0.15, 0.2) is 60.7 Å². The highest BCUT2D eigenvalue weighted by Gasteiger charge is 2.19. The Kier molecular flexibility index (Phi) is 7.16. The first-order valence-electron chi connectivity index (χ1n) is 8.19. The van der Waals surface area contributed by atoms with Crippen molar-refractivity contribution in [3.8, 4) is 0 Å². The molecule has 5 nitrogen and oxygen atoms in total. The summed E-state index contributed by atoms with van der Waals surface area (Å²) < 4.78 is 10.6. The molecule has 0 aromatic heterocycles. The molecule has 0 bridgehead atoms. The molecule has 2 unspecified atom stereocenters. The van der Waals surface area contributed by atoms with Crippen molar-refractivity contribution in [2.45, 2.75) is 19.4 Å². The van der Waals surface area contributed by atoms with Crippen molar-refractivity contribution in [3.63, 3.8) is 0 Å². The van der Waals surface area contributed by atoms with Gasteiger partial charge in [0.2, 0.25) is 0 Å². The van der Waals surface area contributed by atoms with Crippen molar-refractivity contribution in [1.82, 2.24) is 0 Å². The number of esters is 2. The molecule has 132 valence electrons. The summed E-state index contributed by atoms with van der Waals surface area (Å²) in [6.45, 7) is 1.66. The summed E-state index contributed by atoms with van der Waals surface area (Å²) in [4.78, 5) is 23.9. The monoisotopic (exact) mass is 342 g/mol. The molecule has 0 aliphatic rings. The summed E-state index contributed by atoms with van der Waals surface area (Å²) in [7, 11) is 0. The summed E-state index contributed by atoms with van der Waals surface area (Å²) in [5.41, 5.74) is 0.938. The first-order valence-corrected chi connectivity index (χ1v) is 8.19. The van der Waals surface area contributed by atoms with Gasteiger partial charge in [-0.1, -0.05) is 36.4 Å². The number of carbonyl (C=O) groups is 2. The molecular formula is C20H22O5. The normalized spacial score (nSPS) is 12.9. The predicted molar refractivity (Wildman–Crippen MR) is 93.2 cm³/mol. The van der Waals surface area contributed by atoms with E-state index in [-0.39, 0.29) is 19.1 Å². The van der Waals surface area contributed by atoms with Crippen molar-refractivity contribution < 1.29 is 24.2 Å². The topological polar surface area (TPSA) is 72.8 Å². The van der Waals surface area contributed by atoms with E-state index >= 15 is 0 Å². The van der Waals surface area contributed by atoms with Gasteiger partial charge in [-0.3, -0.25) is 0 Å². The first kappa shape index (κ1) is 18.7. The maximum absolute atomic E-state index is 12.0. The number of benzene rings is 2. The van der Waals surface area contributed by atoms with Crippen LogP contribution in [0.1, 0.15) is 34.1 Å². The Hall–Kier alpha value is -2.66. The maximum Gasteiger partial charge on any atom is 0.338 e. The van der Waals surface area contributed by atoms with Gasteiger partial charge in [-0.2, -0.15) is 0 Å². The zero-order valence-corrected chi connectivity index (χ0v) is 14.1. The molecule has 0 aliphatic carbocycles. The number of ether oxygens (including phenoxy) is 2. The Morgan fingerprint density at radius 3 is 1.96 bits per heavy atom. The minimum absolute atomic E-state index is 0.0669. The van der Waals surface area contributed by atoms with E-state index in [4.69, 9.17) is 9.47 Å².